The molecule has 1 saturated heterocycles. The number of carboxylic acid groups (broad SMARTS) is 1. The number of amides is 4. The van der Waals surface area contributed by atoms with Crippen molar-refractivity contribution in [3.8, 4) is 22.9 Å². The number of aliphatic carboxylic acids is 1. The van der Waals surface area contributed by atoms with Crippen molar-refractivity contribution in [1.82, 2.24) is 25.5 Å². The third-order valence-corrected chi connectivity index (χ3v) is 11.4. The van der Waals surface area contributed by atoms with Crippen LogP contribution in [0.15, 0.2) is 42.3 Å². The van der Waals surface area contributed by atoms with Crippen molar-refractivity contribution >= 4 is 57.0 Å². The number of ether oxygens (including phenoxy) is 2. The molecule has 3 fully saturated rings. The normalized spacial score (nSPS) is 23.1. The molecule has 0 unspecified atom stereocenters. The van der Waals surface area contributed by atoms with E-state index in [1.54, 1.807) is 30.7 Å². The molecule has 6 rings (SSSR count). The molecule has 4 amide bonds. The predicted octanol–water partition coefficient (Wildman–Crippen LogP) is 4.93. The minimum atomic E-state index is -1.50. The van der Waals surface area contributed by atoms with E-state index < -0.39 is 46.8 Å². The highest BCUT2D eigenvalue weighted by Gasteiger charge is 2.61. The molecular weight excluding hydrogens is 713 g/mol. The largest absolute Gasteiger partial charge is 0.497 e. The van der Waals surface area contributed by atoms with E-state index in [1.165, 1.54) is 29.2 Å². The second-order valence-electron chi connectivity index (χ2n) is 15.6. The fourth-order valence-corrected chi connectivity index (χ4v) is 8.26. The number of nitrogens with one attached hydrogen (secondary N) is 3. The molecule has 54 heavy (non-hydrogen) atoms. The van der Waals surface area contributed by atoms with Crippen LogP contribution in [0, 0.1) is 17.3 Å². The van der Waals surface area contributed by atoms with Crippen LogP contribution in [0.25, 0.3) is 22.3 Å². The SMILES string of the molecule is C=C[C@@H]1C[C@]1(NC(=O)[C@@H]1C[C@@H](Oc2cc(-c3csc(NC(C)=O)n3)nc3cc(OC)ccc23)CN1C(=O)[C@@H](CC(=O)NC1CCCC1)C(C)(C)C)C(=O)O. The summed E-state index contributed by atoms with van der Waals surface area (Å²) >= 11 is 1.25. The van der Waals surface area contributed by atoms with E-state index >= 15 is 0 Å². The maximum absolute atomic E-state index is 14.6. The van der Waals surface area contributed by atoms with Crippen LogP contribution >= 0.6 is 11.3 Å². The molecule has 14 nitrogen and oxygen atoms in total. The first-order valence-corrected chi connectivity index (χ1v) is 19.2. The standard InChI is InChI=1S/C39H48N6O8S/c1-7-22-18-39(22,36(50)51)44-34(48)31-15-25(19-45(31)35(49)27(38(3,4)5)16-33(47)41-23-10-8-9-11-23)53-32-17-29(30-20-54-37(43-30)40-21(2)46)42-28-14-24(52-6)12-13-26(28)32/h7,12-14,17,20,22-23,25,27,31H,1,8-11,15-16,18-19H2,2-6H3,(H,41,47)(H,44,48)(H,50,51)(H,40,43,46)/t22-,25-,27-,31+,39-/m1/s1. The van der Waals surface area contributed by atoms with Gasteiger partial charge in [0.1, 0.15) is 34.9 Å². The maximum Gasteiger partial charge on any atom is 0.330 e. The molecule has 0 bridgehead atoms. The summed E-state index contributed by atoms with van der Waals surface area (Å²) in [4.78, 5) is 76.8. The van der Waals surface area contributed by atoms with Crippen molar-refractivity contribution in [3.05, 3.63) is 42.3 Å². The molecule has 5 atom stereocenters. The second kappa shape index (κ2) is 15.4. The Morgan fingerprint density at radius 2 is 1.87 bits per heavy atom. The Morgan fingerprint density at radius 1 is 1.13 bits per heavy atom. The highest BCUT2D eigenvalue weighted by atomic mass is 32.1. The molecule has 0 radical (unpaired) electrons. The average molecular weight is 761 g/mol. The van der Waals surface area contributed by atoms with Crippen LogP contribution in [-0.4, -0.2) is 87.0 Å². The van der Waals surface area contributed by atoms with E-state index in [2.05, 4.69) is 27.5 Å². The molecule has 1 aliphatic heterocycles. The molecule has 288 valence electrons. The van der Waals surface area contributed by atoms with Gasteiger partial charge in [0.15, 0.2) is 5.13 Å². The number of benzene rings is 1. The zero-order valence-electron chi connectivity index (χ0n) is 31.3. The zero-order chi connectivity index (χ0) is 38.9. The van der Waals surface area contributed by atoms with Crippen molar-refractivity contribution < 1.29 is 38.6 Å². The molecular formula is C39H48N6O8S. The van der Waals surface area contributed by atoms with Gasteiger partial charge in [0, 0.05) is 54.6 Å². The molecule has 0 spiro atoms. The third kappa shape index (κ3) is 8.20. The van der Waals surface area contributed by atoms with Gasteiger partial charge in [-0.25, -0.2) is 14.8 Å². The van der Waals surface area contributed by atoms with Crippen LogP contribution in [0.3, 0.4) is 0 Å². The first kappa shape index (κ1) is 38.7. The number of anilines is 1. The highest BCUT2D eigenvalue weighted by Crippen LogP contribution is 2.45. The van der Waals surface area contributed by atoms with Gasteiger partial charge in [0.2, 0.25) is 23.6 Å². The van der Waals surface area contributed by atoms with Gasteiger partial charge in [0.25, 0.3) is 0 Å². The second-order valence-corrected chi connectivity index (χ2v) is 16.4. The minimum Gasteiger partial charge on any atom is -0.497 e. The number of methoxy groups -OCH3 is 1. The number of likely N-dealkylation sites (tertiary alicyclic amines) is 1. The number of hydrogen-bond donors (Lipinski definition) is 4. The van der Waals surface area contributed by atoms with Gasteiger partial charge in [-0.15, -0.1) is 17.9 Å². The van der Waals surface area contributed by atoms with E-state index in [4.69, 9.17) is 14.5 Å². The third-order valence-electron chi connectivity index (χ3n) is 10.7. The van der Waals surface area contributed by atoms with Gasteiger partial charge in [-0.3, -0.25) is 19.2 Å². The number of fused-ring (bicyclic) bond motifs is 1. The average Bonchev–Trinajstić information content (AvgIpc) is 3.53. The zero-order valence-corrected chi connectivity index (χ0v) is 32.1. The Labute approximate surface area is 318 Å². The van der Waals surface area contributed by atoms with Gasteiger partial charge in [-0.05, 0) is 36.8 Å². The molecule has 3 heterocycles. The molecule has 2 aromatic heterocycles. The van der Waals surface area contributed by atoms with Gasteiger partial charge in [-0.1, -0.05) is 39.7 Å². The van der Waals surface area contributed by atoms with Crippen LogP contribution in [0.1, 0.15) is 72.6 Å². The number of aromatic nitrogens is 2. The van der Waals surface area contributed by atoms with Gasteiger partial charge >= 0.3 is 5.97 Å². The van der Waals surface area contributed by atoms with E-state index in [-0.39, 0.29) is 49.6 Å². The summed E-state index contributed by atoms with van der Waals surface area (Å²) in [6.07, 6.45) is 4.93. The molecule has 3 aromatic rings. The molecule has 2 aliphatic carbocycles. The highest BCUT2D eigenvalue weighted by molar-refractivity contribution is 7.14. The number of pyridine rings is 1. The summed E-state index contributed by atoms with van der Waals surface area (Å²) in [6.45, 7) is 10.8. The Balaban J connectivity index is 1.33. The Bertz CT molecular complexity index is 1970. The Hall–Kier alpha value is -5.05. The summed E-state index contributed by atoms with van der Waals surface area (Å²) in [5.41, 5.74) is -0.633. The van der Waals surface area contributed by atoms with Gasteiger partial charge < -0.3 is 35.4 Å². The number of carboxylic acids is 1. The summed E-state index contributed by atoms with van der Waals surface area (Å²) < 4.78 is 12.1. The van der Waals surface area contributed by atoms with Crippen LogP contribution in [0.2, 0.25) is 0 Å². The summed E-state index contributed by atoms with van der Waals surface area (Å²) in [5.74, 6) is -2.86. The Morgan fingerprint density at radius 3 is 2.50 bits per heavy atom. The first-order valence-electron chi connectivity index (χ1n) is 18.3. The quantitative estimate of drug-likeness (QED) is 0.174. The fraction of sp³-hybridized carbons (Fsp3) is 0.513. The van der Waals surface area contributed by atoms with E-state index in [9.17, 15) is 29.1 Å². The lowest BCUT2D eigenvalue weighted by Gasteiger charge is -2.35. The molecule has 2 saturated carbocycles. The van der Waals surface area contributed by atoms with Crippen molar-refractivity contribution in [1.29, 1.82) is 0 Å². The van der Waals surface area contributed by atoms with Crippen LogP contribution in [0.5, 0.6) is 11.5 Å². The van der Waals surface area contributed by atoms with E-state index in [0.717, 1.165) is 25.7 Å². The van der Waals surface area contributed by atoms with E-state index in [1.807, 2.05) is 26.8 Å². The minimum absolute atomic E-state index is 0.0113. The summed E-state index contributed by atoms with van der Waals surface area (Å²) in [5, 5.41) is 21.4. The van der Waals surface area contributed by atoms with Crippen molar-refractivity contribution in [2.75, 3.05) is 19.0 Å². The topological polar surface area (TPSA) is 189 Å². The van der Waals surface area contributed by atoms with Gasteiger partial charge in [0.05, 0.1) is 30.8 Å². The Kier molecular flexibility index (Phi) is 11.0. The predicted molar refractivity (Wildman–Crippen MR) is 203 cm³/mol. The summed E-state index contributed by atoms with van der Waals surface area (Å²) in [7, 11) is 1.55. The van der Waals surface area contributed by atoms with Crippen LogP contribution in [0.4, 0.5) is 5.13 Å². The molecule has 4 N–H and O–H groups in total. The number of carbonyl (C=O) groups excluding carboxylic acids is 4. The number of carbonyl (C=O) groups is 5. The number of nitrogens with zero attached hydrogens (tertiary/aromatic N) is 3. The lowest BCUT2D eigenvalue weighted by molar-refractivity contribution is -0.148. The number of rotatable bonds is 13. The van der Waals surface area contributed by atoms with Gasteiger partial charge in [-0.2, -0.15) is 0 Å². The fourth-order valence-electron chi connectivity index (χ4n) is 7.51. The van der Waals surface area contributed by atoms with Crippen molar-refractivity contribution in [3.63, 3.8) is 0 Å². The molecule has 15 heteroatoms. The number of hydrogen-bond acceptors (Lipinski definition) is 10. The van der Waals surface area contributed by atoms with Crippen LogP contribution < -0.4 is 25.4 Å². The summed E-state index contributed by atoms with van der Waals surface area (Å²) in [6, 6.07) is 6.08. The van der Waals surface area contributed by atoms with Crippen molar-refractivity contribution in [2.45, 2.75) is 96.4 Å². The van der Waals surface area contributed by atoms with Crippen LogP contribution in [-0.2, 0) is 24.0 Å². The number of thiazole rings is 1. The first-order chi connectivity index (χ1) is 25.6. The van der Waals surface area contributed by atoms with Crippen molar-refractivity contribution in [2.24, 2.45) is 17.3 Å². The van der Waals surface area contributed by atoms with E-state index in [0.29, 0.717) is 38.9 Å². The smallest absolute Gasteiger partial charge is 0.330 e. The monoisotopic (exact) mass is 760 g/mol. The molecule has 1 aromatic carbocycles. The lowest BCUT2D eigenvalue weighted by Crippen LogP contribution is -2.54. The maximum atomic E-state index is 14.6. The molecule has 3 aliphatic rings. The lowest BCUT2D eigenvalue weighted by atomic mass is 9.77.